The van der Waals surface area contributed by atoms with E-state index in [1.165, 1.54) is 4.31 Å². The zero-order valence-electron chi connectivity index (χ0n) is 14.2. The lowest BCUT2D eigenvalue weighted by atomic mass is 10.1. The largest absolute Gasteiger partial charge is 0.379 e. The molecule has 1 amide bonds. The van der Waals surface area contributed by atoms with Crippen molar-refractivity contribution in [2.45, 2.75) is 30.7 Å². The molecule has 3 rings (SSSR count). The summed E-state index contributed by atoms with van der Waals surface area (Å²) in [7, 11) is -3.57. The third-order valence-electron chi connectivity index (χ3n) is 4.60. The Labute approximate surface area is 148 Å². The first-order valence-electron chi connectivity index (χ1n) is 8.66. The summed E-state index contributed by atoms with van der Waals surface area (Å²) in [5, 5.41) is 2.86. The number of benzene rings is 1. The number of rotatable bonds is 6. The minimum Gasteiger partial charge on any atom is -0.379 e. The zero-order chi connectivity index (χ0) is 17.7. The van der Waals surface area contributed by atoms with Gasteiger partial charge in [0.2, 0.25) is 15.9 Å². The van der Waals surface area contributed by atoms with Crippen LogP contribution < -0.4 is 5.32 Å². The predicted octanol–water partition coefficient (Wildman–Crippen LogP) is 1.68. The Hall–Kier alpha value is -1.70. The fourth-order valence-corrected chi connectivity index (χ4v) is 4.83. The van der Waals surface area contributed by atoms with Gasteiger partial charge in [-0.25, -0.2) is 8.42 Å². The molecule has 0 bridgehead atoms. The first kappa shape index (κ1) is 18.1. The predicted molar refractivity (Wildman–Crippen MR) is 94.3 cm³/mol. The molecule has 7 heteroatoms. The maximum Gasteiger partial charge on any atom is 0.243 e. The molecule has 1 aromatic carbocycles. The highest BCUT2D eigenvalue weighted by molar-refractivity contribution is 7.89. The van der Waals surface area contributed by atoms with Gasteiger partial charge in [0, 0.05) is 26.1 Å². The maximum atomic E-state index is 12.9. The number of morpholine rings is 1. The Morgan fingerprint density at radius 2 is 2.00 bits per heavy atom. The molecule has 0 saturated carbocycles. The summed E-state index contributed by atoms with van der Waals surface area (Å²) in [6.45, 7) is 1.75. The topological polar surface area (TPSA) is 75.7 Å². The van der Waals surface area contributed by atoms with Crippen LogP contribution in [0.2, 0.25) is 0 Å². The normalized spacial score (nSPS) is 21.4. The van der Waals surface area contributed by atoms with Gasteiger partial charge in [0.25, 0.3) is 0 Å². The first-order chi connectivity index (χ1) is 12.1. The summed E-state index contributed by atoms with van der Waals surface area (Å²) in [5.41, 5.74) is 0.615. The van der Waals surface area contributed by atoms with Gasteiger partial charge >= 0.3 is 0 Å². The quantitative estimate of drug-likeness (QED) is 0.779. The van der Waals surface area contributed by atoms with Gasteiger partial charge in [0.05, 0.1) is 18.1 Å². The number of carbonyl (C=O) groups is 1. The van der Waals surface area contributed by atoms with Gasteiger partial charge in [-0.2, -0.15) is 4.31 Å². The second-order valence-electron chi connectivity index (χ2n) is 6.37. The Morgan fingerprint density at radius 3 is 2.72 bits per heavy atom. The van der Waals surface area contributed by atoms with Gasteiger partial charge in [-0.1, -0.05) is 30.4 Å². The fourth-order valence-electron chi connectivity index (χ4n) is 3.20. The molecule has 6 nitrogen and oxygen atoms in total. The summed E-state index contributed by atoms with van der Waals surface area (Å²) in [5.74, 6) is 0.252. The standard InChI is InChI=1S/C18H24N2O4S/c21-18(13-15-5-1-2-6-15)19-14-16-7-3-4-8-17(16)25(22,23)20-9-11-24-12-10-20/h1,3-5,7-8,15H,2,6,9-14H2,(H,19,21). The maximum absolute atomic E-state index is 12.9. The number of sulfonamides is 1. The Balaban J connectivity index is 1.68. The highest BCUT2D eigenvalue weighted by Gasteiger charge is 2.28. The SMILES string of the molecule is O=C(CC1C=CCC1)NCc1ccccc1S(=O)(=O)N1CCOCC1. The lowest BCUT2D eigenvalue weighted by Gasteiger charge is -2.27. The molecule has 1 fully saturated rings. The molecule has 1 unspecified atom stereocenters. The van der Waals surface area contributed by atoms with Gasteiger partial charge < -0.3 is 10.1 Å². The number of nitrogens with zero attached hydrogens (tertiary/aromatic N) is 1. The lowest BCUT2D eigenvalue weighted by molar-refractivity contribution is -0.121. The minimum atomic E-state index is -3.57. The monoisotopic (exact) mass is 364 g/mol. The minimum absolute atomic E-state index is 0.0462. The molecular formula is C18H24N2O4S. The molecule has 1 aromatic rings. The molecule has 25 heavy (non-hydrogen) atoms. The zero-order valence-corrected chi connectivity index (χ0v) is 15.0. The smallest absolute Gasteiger partial charge is 0.243 e. The van der Waals surface area contributed by atoms with E-state index in [1.807, 2.05) is 0 Å². The van der Waals surface area contributed by atoms with Crippen molar-refractivity contribution in [2.24, 2.45) is 5.92 Å². The molecule has 1 N–H and O–H groups in total. The van der Waals surface area contributed by atoms with Crippen LogP contribution in [-0.2, 0) is 26.1 Å². The number of carbonyl (C=O) groups excluding carboxylic acids is 1. The van der Waals surface area contributed by atoms with Crippen LogP contribution in [0, 0.1) is 5.92 Å². The molecular weight excluding hydrogens is 340 g/mol. The van der Waals surface area contributed by atoms with Crippen molar-refractivity contribution in [1.29, 1.82) is 0 Å². The summed E-state index contributed by atoms with van der Waals surface area (Å²) in [6, 6.07) is 6.86. The molecule has 0 spiro atoms. The summed E-state index contributed by atoms with van der Waals surface area (Å²) >= 11 is 0. The van der Waals surface area contributed by atoms with Crippen LogP contribution in [0.3, 0.4) is 0 Å². The van der Waals surface area contributed by atoms with Gasteiger partial charge in [0.1, 0.15) is 0 Å². The molecule has 1 aliphatic carbocycles. The summed E-state index contributed by atoms with van der Waals surface area (Å²) < 4.78 is 32.4. The van der Waals surface area contributed by atoms with Crippen molar-refractivity contribution in [3.8, 4) is 0 Å². The van der Waals surface area contributed by atoms with Crippen molar-refractivity contribution in [1.82, 2.24) is 9.62 Å². The number of amides is 1. The molecule has 0 aromatic heterocycles. The Morgan fingerprint density at radius 1 is 1.24 bits per heavy atom. The molecule has 1 saturated heterocycles. The Kier molecular flexibility index (Phi) is 5.88. The molecule has 2 aliphatic rings. The third kappa shape index (κ3) is 4.48. The second-order valence-corrected chi connectivity index (χ2v) is 8.28. The van der Waals surface area contributed by atoms with Crippen LogP contribution in [0.4, 0.5) is 0 Å². The Bertz CT molecular complexity index is 739. The third-order valence-corrected chi connectivity index (χ3v) is 6.60. The van der Waals surface area contributed by atoms with E-state index in [1.54, 1.807) is 24.3 Å². The van der Waals surface area contributed by atoms with E-state index in [-0.39, 0.29) is 17.3 Å². The first-order valence-corrected chi connectivity index (χ1v) is 10.1. The number of ether oxygens (including phenoxy) is 1. The van der Waals surface area contributed by atoms with Crippen molar-refractivity contribution in [3.05, 3.63) is 42.0 Å². The lowest BCUT2D eigenvalue weighted by Crippen LogP contribution is -2.41. The van der Waals surface area contributed by atoms with Crippen molar-refractivity contribution < 1.29 is 17.9 Å². The molecule has 1 heterocycles. The highest BCUT2D eigenvalue weighted by atomic mass is 32.2. The average Bonchev–Trinajstić information content (AvgIpc) is 3.14. The molecule has 1 aliphatic heterocycles. The van der Waals surface area contributed by atoms with E-state index in [2.05, 4.69) is 17.5 Å². The summed E-state index contributed by atoms with van der Waals surface area (Å²) in [4.78, 5) is 12.4. The second kappa shape index (κ2) is 8.12. The average molecular weight is 364 g/mol. The van der Waals surface area contributed by atoms with Crippen LogP contribution >= 0.6 is 0 Å². The van der Waals surface area contributed by atoms with Crippen LogP contribution in [0.5, 0.6) is 0 Å². The van der Waals surface area contributed by atoms with Crippen molar-refractivity contribution >= 4 is 15.9 Å². The van der Waals surface area contributed by atoms with E-state index < -0.39 is 10.0 Å². The van der Waals surface area contributed by atoms with E-state index in [0.717, 1.165) is 12.8 Å². The number of hydrogen-bond donors (Lipinski definition) is 1. The van der Waals surface area contributed by atoms with E-state index in [4.69, 9.17) is 4.74 Å². The van der Waals surface area contributed by atoms with Gasteiger partial charge in [-0.05, 0) is 30.4 Å². The number of nitrogens with one attached hydrogen (secondary N) is 1. The van der Waals surface area contributed by atoms with Crippen LogP contribution in [0.1, 0.15) is 24.8 Å². The van der Waals surface area contributed by atoms with Crippen molar-refractivity contribution in [2.75, 3.05) is 26.3 Å². The van der Waals surface area contributed by atoms with Crippen LogP contribution in [-0.4, -0.2) is 44.9 Å². The van der Waals surface area contributed by atoms with Gasteiger partial charge in [-0.15, -0.1) is 0 Å². The van der Waals surface area contributed by atoms with Crippen LogP contribution in [0.25, 0.3) is 0 Å². The van der Waals surface area contributed by atoms with E-state index in [9.17, 15) is 13.2 Å². The molecule has 136 valence electrons. The van der Waals surface area contributed by atoms with Gasteiger partial charge in [0.15, 0.2) is 0 Å². The molecule has 0 radical (unpaired) electrons. The van der Waals surface area contributed by atoms with E-state index >= 15 is 0 Å². The van der Waals surface area contributed by atoms with Crippen LogP contribution in [0.15, 0.2) is 41.3 Å². The van der Waals surface area contributed by atoms with Gasteiger partial charge in [-0.3, -0.25) is 4.79 Å². The van der Waals surface area contributed by atoms with Crippen molar-refractivity contribution in [3.63, 3.8) is 0 Å². The highest BCUT2D eigenvalue weighted by Crippen LogP contribution is 2.22. The number of hydrogen-bond acceptors (Lipinski definition) is 4. The molecule has 1 atom stereocenters. The summed E-state index contributed by atoms with van der Waals surface area (Å²) in [6.07, 6.45) is 6.67. The number of allylic oxidation sites excluding steroid dienone is 2. The van der Waals surface area contributed by atoms with E-state index in [0.29, 0.717) is 44.2 Å². The fraction of sp³-hybridized carbons (Fsp3) is 0.500.